The molecular formula is C25H25ClF3N5O2S. The first-order valence-electron chi connectivity index (χ1n) is 11.6. The van der Waals surface area contributed by atoms with Crippen molar-refractivity contribution in [2.45, 2.75) is 24.0 Å². The van der Waals surface area contributed by atoms with E-state index in [0.29, 0.717) is 65.9 Å². The number of nitrogens with one attached hydrogen (secondary N) is 1. The third kappa shape index (κ3) is 7.27. The summed E-state index contributed by atoms with van der Waals surface area (Å²) in [6.07, 6.45) is -4.37. The van der Waals surface area contributed by atoms with Crippen LogP contribution in [0.4, 0.5) is 24.7 Å². The van der Waals surface area contributed by atoms with Gasteiger partial charge in [0.25, 0.3) is 5.91 Å². The number of aromatic nitrogens is 2. The maximum absolute atomic E-state index is 13.1. The predicted molar refractivity (Wildman–Crippen MR) is 138 cm³/mol. The molecule has 1 fully saturated rings. The van der Waals surface area contributed by atoms with E-state index in [1.807, 2.05) is 21.9 Å². The zero-order valence-corrected chi connectivity index (χ0v) is 21.5. The van der Waals surface area contributed by atoms with Crippen molar-refractivity contribution in [2.24, 2.45) is 0 Å². The number of piperazine rings is 1. The molecule has 37 heavy (non-hydrogen) atoms. The summed E-state index contributed by atoms with van der Waals surface area (Å²) in [6.45, 7) is 4.43. The Morgan fingerprint density at radius 3 is 2.43 bits per heavy atom. The molecule has 196 valence electrons. The summed E-state index contributed by atoms with van der Waals surface area (Å²) in [5.74, 6) is 0.947. The fraction of sp³-hybridized carbons (Fsp3) is 0.320. The molecule has 1 amide bonds. The highest BCUT2D eigenvalue weighted by atomic mass is 35.5. The van der Waals surface area contributed by atoms with Gasteiger partial charge >= 0.3 is 6.18 Å². The van der Waals surface area contributed by atoms with Gasteiger partial charge in [0.2, 0.25) is 0 Å². The lowest BCUT2D eigenvalue weighted by Gasteiger charge is -2.37. The van der Waals surface area contributed by atoms with E-state index >= 15 is 0 Å². The molecule has 1 saturated heterocycles. The Labute approximate surface area is 221 Å². The highest BCUT2D eigenvalue weighted by Gasteiger charge is 2.31. The van der Waals surface area contributed by atoms with Gasteiger partial charge in [0.05, 0.1) is 12.2 Å². The first-order chi connectivity index (χ1) is 17.7. The lowest BCUT2D eigenvalue weighted by molar-refractivity contribution is -0.137. The van der Waals surface area contributed by atoms with E-state index in [-0.39, 0.29) is 5.91 Å². The number of rotatable bonds is 8. The average molecular weight is 552 g/mol. The van der Waals surface area contributed by atoms with Gasteiger partial charge in [-0.1, -0.05) is 41.6 Å². The van der Waals surface area contributed by atoms with Crippen LogP contribution in [0.1, 0.15) is 28.4 Å². The molecule has 0 bridgehead atoms. The summed E-state index contributed by atoms with van der Waals surface area (Å²) in [7, 11) is 0. The molecule has 0 unspecified atom stereocenters. The second kappa shape index (κ2) is 12.0. The molecule has 3 aromatic rings. The molecule has 2 aromatic carbocycles. The Kier molecular flexibility index (Phi) is 8.78. The molecule has 0 atom stereocenters. The van der Waals surface area contributed by atoms with Gasteiger partial charge in [-0.25, -0.2) is 15.4 Å². The van der Waals surface area contributed by atoms with Gasteiger partial charge < -0.3 is 9.80 Å². The number of carbonyl (C=O) groups excluding carboxylic acids is 1. The highest BCUT2D eigenvalue weighted by molar-refractivity contribution is 7.98. The lowest BCUT2D eigenvalue weighted by Crippen LogP contribution is -2.47. The Hall–Kier alpha value is -3.02. The highest BCUT2D eigenvalue weighted by Crippen LogP contribution is 2.32. The van der Waals surface area contributed by atoms with Crippen LogP contribution in [-0.4, -0.2) is 48.7 Å². The van der Waals surface area contributed by atoms with Crippen LogP contribution in [0.3, 0.4) is 0 Å². The first-order valence-corrected chi connectivity index (χ1v) is 12.9. The fourth-order valence-electron chi connectivity index (χ4n) is 3.78. The minimum absolute atomic E-state index is 0.308. The summed E-state index contributed by atoms with van der Waals surface area (Å²) >= 11 is 7.69. The van der Waals surface area contributed by atoms with Crippen molar-refractivity contribution in [3.05, 3.63) is 76.4 Å². The number of hydrogen-bond donors (Lipinski definition) is 1. The van der Waals surface area contributed by atoms with E-state index in [0.717, 1.165) is 11.6 Å². The van der Waals surface area contributed by atoms with E-state index in [1.54, 1.807) is 31.2 Å². The van der Waals surface area contributed by atoms with E-state index in [1.165, 1.54) is 23.9 Å². The van der Waals surface area contributed by atoms with Crippen molar-refractivity contribution in [1.82, 2.24) is 15.4 Å². The number of halogens is 4. The zero-order chi connectivity index (χ0) is 26.4. The predicted octanol–water partition coefficient (Wildman–Crippen LogP) is 5.45. The van der Waals surface area contributed by atoms with Crippen LogP contribution in [0.2, 0.25) is 5.15 Å². The van der Waals surface area contributed by atoms with Gasteiger partial charge in [-0.05, 0) is 42.8 Å². The maximum Gasteiger partial charge on any atom is 0.416 e. The van der Waals surface area contributed by atoms with Crippen molar-refractivity contribution in [2.75, 3.05) is 42.6 Å². The molecule has 2 heterocycles. The van der Waals surface area contributed by atoms with Crippen molar-refractivity contribution in [3.8, 4) is 0 Å². The van der Waals surface area contributed by atoms with Gasteiger partial charge in [-0.3, -0.25) is 9.63 Å². The third-order valence-corrected chi connectivity index (χ3v) is 6.81. The van der Waals surface area contributed by atoms with Crippen LogP contribution < -0.4 is 15.3 Å². The summed E-state index contributed by atoms with van der Waals surface area (Å²) in [6, 6.07) is 14.2. The van der Waals surface area contributed by atoms with Crippen molar-refractivity contribution in [3.63, 3.8) is 0 Å². The largest absolute Gasteiger partial charge is 0.416 e. The normalized spacial score (nSPS) is 14.1. The molecule has 1 aliphatic heterocycles. The van der Waals surface area contributed by atoms with Gasteiger partial charge in [-0.15, -0.1) is 0 Å². The molecule has 1 aromatic heterocycles. The number of anilines is 2. The molecule has 1 aliphatic rings. The van der Waals surface area contributed by atoms with Gasteiger partial charge in [0.15, 0.2) is 5.16 Å². The number of carbonyl (C=O) groups is 1. The second-order valence-electron chi connectivity index (χ2n) is 8.20. The van der Waals surface area contributed by atoms with E-state index < -0.39 is 11.7 Å². The Bertz CT molecular complexity index is 1220. The average Bonchev–Trinajstić information content (AvgIpc) is 2.90. The van der Waals surface area contributed by atoms with E-state index in [9.17, 15) is 18.0 Å². The van der Waals surface area contributed by atoms with Crippen molar-refractivity contribution >= 4 is 40.8 Å². The molecule has 4 rings (SSSR count). The van der Waals surface area contributed by atoms with Crippen molar-refractivity contribution in [1.29, 1.82) is 0 Å². The lowest BCUT2D eigenvalue weighted by atomic mass is 10.1. The molecule has 1 N–H and O–H groups in total. The number of alkyl halides is 3. The van der Waals surface area contributed by atoms with Crippen LogP contribution in [0.15, 0.2) is 59.8 Å². The monoisotopic (exact) mass is 551 g/mol. The Morgan fingerprint density at radius 1 is 1.05 bits per heavy atom. The number of hydroxylamine groups is 1. The topological polar surface area (TPSA) is 70.6 Å². The standard InChI is InChI=1S/C25H25ClF3N5O2S/c1-2-36-32-23(35)18-8-6-17(7-9-18)16-37-24-30-21(26)15-22(31-24)34-12-10-33(11-13-34)20-5-3-4-19(14-20)25(27,28)29/h3-9,14-15H,2,10-13,16H2,1H3,(H,32,35). The van der Waals surface area contributed by atoms with Crippen LogP contribution in [0, 0.1) is 0 Å². The molecule has 0 spiro atoms. The zero-order valence-electron chi connectivity index (χ0n) is 20.0. The summed E-state index contributed by atoms with van der Waals surface area (Å²) < 4.78 is 39.2. The van der Waals surface area contributed by atoms with Crippen LogP contribution >= 0.6 is 23.4 Å². The minimum Gasteiger partial charge on any atom is -0.368 e. The van der Waals surface area contributed by atoms with Crippen LogP contribution in [-0.2, 0) is 16.8 Å². The SMILES string of the molecule is CCONC(=O)c1ccc(CSc2nc(Cl)cc(N3CCN(c4cccc(C(F)(F)F)c4)CC3)n2)cc1. The number of hydrogen-bond acceptors (Lipinski definition) is 7. The number of thioether (sulfide) groups is 1. The molecule has 12 heteroatoms. The number of amides is 1. The van der Waals surface area contributed by atoms with E-state index in [2.05, 4.69) is 15.4 Å². The van der Waals surface area contributed by atoms with E-state index in [4.69, 9.17) is 16.4 Å². The Balaban J connectivity index is 1.35. The first kappa shape index (κ1) is 27.0. The summed E-state index contributed by atoms with van der Waals surface area (Å²) in [5, 5.41) is 0.830. The number of benzene rings is 2. The van der Waals surface area contributed by atoms with Gasteiger partial charge in [0.1, 0.15) is 11.0 Å². The molecule has 0 aliphatic carbocycles. The smallest absolute Gasteiger partial charge is 0.368 e. The third-order valence-electron chi connectivity index (χ3n) is 5.70. The Morgan fingerprint density at radius 2 is 1.76 bits per heavy atom. The number of nitrogens with zero attached hydrogens (tertiary/aromatic N) is 4. The quantitative estimate of drug-likeness (QED) is 0.173. The molecule has 7 nitrogen and oxygen atoms in total. The van der Waals surface area contributed by atoms with Gasteiger partial charge in [0, 0.05) is 49.2 Å². The minimum atomic E-state index is -4.37. The maximum atomic E-state index is 13.1. The molecule has 0 saturated carbocycles. The van der Waals surface area contributed by atoms with Crippen molar-refractivity contribution < 1.29 is 22.8 Å². The van der Waals surface area contributed by atoms with Gasteiger partial charge in [-0.2, -0.15) is 13.2 Å². The van der Waals surface area contributed by atoms with Crippen LogP contribution in [0.25, 0.3) is 0 Å². The molecular weight excluding hydrogens is 527 g/mol. The summed E-state index contributed by atoms with van der Waals surface area (Å²) in [5.41, 5.74) is 3.73. The summed E-state index contributed by atoms with van der Waals surface area (Å²) in [4.78, 5) is 29.8. The molecule has 0 radical (unpaired) electrons. The fourth-order valence-corrected chi connectivity index (χ4v) is 4.82. The second-order valence-corrected chi connectivity index (χ2v) is 9.53. The van der Waals surface area contributed by atoms with Crippen LogP contribution in [0.5, 0.6) is 0 Å².